The van der Waals surface area contributed by atoms with E-state index < -0.39 is 5.60 Å². The molecular weight excluding hydrogens is 230 g/mol. The number of rotatable bonds is 5. The Balaban J connectivity index is 2.16. The van der Waals surface area contributed by atoms with E-state index in [1.54, 1.807) is 0 Å². The molecule has 0 aromatic heterocycles. The van der Waals surface area contributed by atoms with Crippen LogP contribution in [0.5, 0.6) is 0 Å². The van der Waals surface area contributed by atoms with Crippen LogP contribution in [0.25, 0.3) is 0 Å². The highest BCUT2D eigenvalue weighted by molar-refractivity contribution is 5.72. The first-order valence-electron chi connectivity index (χ1n) is 6.70. The fraction of sp³-hybridized carbons (Fsp3) is 0.923. The van der Waals surface area contributed by atoms with E-state index in [4.69, 9.17) is 4.74 Å². The van der Waals surface area contributed by atoms with E-state index in [-0.39, 0.29) is 5.97 Å². The quantitative estimate of drug-likeness (QED) is 0.711. The Bertz CT molecular complexity index is 257. The van der Waals surface area contributed by atoms with Crippen molar-refractivity contribution in [2.24, 2.45) is 0 Å². The zero-order valence-electron chi connectivity index (χ0n) is 12.2. The zero-order chi connectivity index (χ0) is 13.6. The van der Waals surface area contributed by atoms with Crippen LogP contribution < -0.4 is 5.32 Å². The Labute approximate surface area is 110 Å². The number of carbonyl (C=O) groups is 1. The Hall–Kier alpha value is -0.650. The summed E-state index contributed by atoms with van der Waals surface area (Å²) in [6, 6.07) is 0. The molecule has 0 saturated carbocycles. The van der Waals surface area contributed by atoms with Crippen LogP contribution in [0, 0.1) is 0 Å². The van der Waals surface area contributed by atoms with Gasteiger partial charge in [-0.25, -0.2) is 0 Å². The maximum absolute atomic E-state index is 11.6. The van der Waals surface area contributed by atoms with Crippen LogP contribution in [0.1, 0.15) is 20.8 Å². The van der Waals surface area contributed by atoms with E-state index >= 15 is 0 Å². The molecule has 5 heteroatoms. The van der Waals surface area contributed by atoms with Crippen molar-refractivity contribution in [3.63, 3.8) is 0 Å². The summed E-state index contributed by atoms with van der Waals surface area (Å²) in [7, 11) is 1.96. The fourth-order valence-electron chi connectivity index (χ4n) is 1.92. The third-order valence-corrected chi connectivity index (χ3v) is 2.83. The van der Waals surface area contributed by atoms with Gasteiger partial charge >= 0.3 is 5.97 Å². The highest BCUT2D eigenvalue weighted by Crippen LogP contribution is 2.07. The first kappa shape index (κ1) is 15.4. The van der Waals surface area contributed by atoms with E-state index in [9.17, 15) is 4.79 Å². The van der Waals surface area contributed by atoms with E-state index in [1.165, 1.54) is 0 Å². The molecule has 0 bridgehead atoms. The van der Waals surface area contributed by atoms with Crippen molar-refractivity contribution in [2.45, 2.75) is 26.4 Å². The largest absolute Gasteiger partial charge is 0.459 e. The minimum Gasteiger partial charge on any atom is -0.459 e. The van der Waals surface area contributed by atoms with Gasteiger partial charge in [-0.3, -0.25) is 14.6 Å². The van der Waals surface area contributed by atoms with Crippen molar-refractivity contribution in [2.75, 3.05) is 52.9 Å². The van der Waals surface area contributed by atoms with Gasteiger partial charge in [0.1, 0.15) is 5.60 Å². The number of carbonyl (C=O) groups excluding carboxylic acids is 1. The van der Waals surface area contributed by atoms with Crippen LogP contribution >= 0.6 is 0 Å². The molecule has 0 aromatic carbocycles. The van der Waals surface area contributed by atoms with Crippen molar-refractivity contribution in [3.05, 3.63) is 0 Å². The maximum atomic E-state index is 11.6. The molecule has 0 amide bonds. The average Bonchev–Trinajstić information content (AvgIpc) is 2.25. The Morgan fingerprint density at radius 2 is 1.94 bits per heavy atom. The molecule has 18 heavy (non-hydrogen) atoms. The second kappa shape index (κ2) is 7.07. The molecule has 1 N–H and O–H groups in total. The molecule has 1 aliphatic heterocycles. The summed E-state index contributed by atoms with van der Waals surface area (Å²) < 4.78 is 5.30. The summed E-state index contributed by atoms with van der Waals surface area (Å²) in [6.45, 7) is 12.3. The molecule has 106 valence electrons. The minimum atomic E-state index is -0.392. The van der Waals surface area contributed by atoms with Crippen molar-refractivity contribution in [1.29, 1.82) is 0 Å². The molecule has 5 nitrogen and oxygen atoms in total. The molecule has 1 saturated heterocycles. The lowest BCUT2D eigenvalue weighted by Gasteiger charge is -2.29. The van der Waals surface area contributed by atoms with Gasteiger partial charge in [0.2, 0.25) is 0 Å². The molecule has 0 atom stereocenters. The van der Waals surface area contributed by atoms with Gasteiger partial charge in [-0.2, -0.15) is 0 Å². The van der Waals surface area contributed by atoms with E-state index in [0.717, 1.165) is 39.3 Å². The summed E-state index contributed by atoms with van der Waals surface area (Å²) in [5, 5.41) is 3.33. The van der Waals surface area contributed by atoms with Gasteiger partial charge in [-0.15, -0.1) is 0 Å². The standard InChI is InChI=1S/C13H27N3O2/c1-13(2,3)18-12(17)11-15(4)9-10-16-7-5-14-6-8-16/h14H,5-11H2,1-4H3. The van der Waals surface area contributed by atoms with Gasteiger partial charge in [0.05, 0.1) is 6.54 Å². The Morgan fingerprint density at radius 3 is 2.50 bits per heavy atom. The van der Waals surface area contributed by atoms with E-state index in [1.807, 2.05) is 32.7 Å². The van der Waals surface area contributed by atoms with Gasteiger partial charge < -0.3 is 10.1 Å². The number of ether oxygens (including phenoxy) is 1. The van der Waals surface area contributed by atoms with Crippen LogP contribution in [0.15, 0.2) is 0 Å². The molecule has 0 spiro atoms. The van der Waals surface area contributed by atoms with Gasteiger partial charge in [0, 0.05) is 39.3 Å². The molecule has 1 rings (SSSR count). The SMILES string of the molecule is CN(CCN1CCNCC1)CC(=O)OC(C)(C)C. The molecule has 0 unspecified atom stereocenters. The number of piperazine rings is 1. The Kier molecular flexibility index (Phi) is 6.05. The molecule has 1 fully saturated rings. The number of nitrogens with one attached hydrogen (secondary N) is 1. The summed E-state index contributed by atoms with van der Waals surface area (Å²) in [5.41, 5.74) is -0.392. The lowest BCUT2D eigenvalue weighted by Crippen LogP contribution is -2.46. The van der Waals surface area contributed by atoms with Gasteiger partial charge in [0.15, 0.2) is 0 Å². The van der Waals surface area contributed by atoms with Gasteiger partial charge in [-0.05, 0) is 27.8 Å². The normalized spacial score (nSPS) is 18.1. The minimum absolute atomic E-state index is 0.148. The second-order valence-electron chi connectivity index (χ2n) is 5.92. The number of nitrogens with zero attached hydrogens (tertiary/aromatic N) is 2. The molecular formula is C13H27N3O2. The van der Waals surface area contributed by atoms with Crippen molar-refractivity contribution >= 4 is 5.97 Å². The van der Waals surface area contributed by atoms with E-state index in [0.29, 0.717) is 6.54 Å². The summed E-state index contributed by atoms with van der Waals surface area (Å²) in [5.74, 6) is -0.148. The monoisotopic (exact) mass is 257 g/mol. The maximum Gasteiger partial charge on any atom is 0.320 e. The van der Waals surface area contributed by atoms with Crippen LogP contribution in [0.4, 0.5) is 0 Å². The average molecular weight is 257 g/mol. The lowest BCUT2D eigenvalue weighted by atomic mass is 10.2. The van der Waals surface area contributed by atoms with E-state index in [2.05, 4.69) is 10.2 Å². The fourth-order valence-corrected chi connectivity index (χ4v) is 1.92. The lowest BCUT2D eigenvalue weighted by molar-refractivity contribution is -0.155. The first-order valence-corrected chi connectivity index (χ1v) is 6.70. The van der Waals surface area contributed by atoms with Crippen molar-refractivity contribution in [3.8, 4) is 0 Å². The third kappa shape index (κ3) is 6.93. The Morgan fingerprint density at radius 1 is 1.33 bits per heavy atom. The number of esters is 1. The van der Waals surface area contributed by atoms with Crippen LogP contribution in [0.2, 0.25) is 0 Å². The first-order chi connectivity index (χ1) is 8.37. The smallest absolute Gasteiger partial charge is 0.320 e. The van der Waals surface area contributed by atoms with Gasteiger partial charge in [0.25, 0.3) is 0 Å². The third-order valence-electron chi connectivity index (χ3n) is 2.83. The molecule has 0 aliphatic carbocycles. The van der Waals surface area contributed by atoms with Crippen LogP contribution in [-0.2, 0) is 9.53 Å². The second-order valence-corrected chi connectivity index (χ2v) is 5.92. The summed E-state index contributed by atoms with van der Waals surface area (Å²) in [4.78, 5) is 16.1. The number of hydrogen-bond acceptors (Lipinski definition) is 5. The molecule has 0 radical (unpaired) electrons. The highest BCUT2D eigenvalue weighted by Gasteiger charge is 2.18. The summed E-state index contributed by atoms with van der Waals surface area (Å²) >= 11 is 0. The predicted molar refractivity (Wildman–Crippen MR) is 72.7 cm³/mol. The van der Waals surface area contributed by atoms with Crippen LogP contribution in [0.3, 0.4) is 0 Å². The predicted octanol–water partition coefficient (Wildman–Crippen LogP) is 0.165. The highest BCUT2D eigenvalue weighted by atomic mass is 16.6. The van der Waals surface area contributed by atoms with Crippen molar-refractivity contribution in [1.82, 2.24) is 15.1 Å². The van der Waals surface area contributed by atoms with Gasteiger partial charge in [-0.1, -0.05) is 0 Å². The molecule has 1 heterocycles. The topological polar surface area (TPSA) is 44.8 Å². The van der Waals surface area contributed by atoms with Crippen LogP contribution in [-0.4, -0.2) is 74.2 Å². The van der Waals surface area contributed by atoms with Crippen molar-refractivity contribution < 1.29 is 9.53 Å². The number of likely N-dealkylation sites (N-methyl/N-ethyl adjacent to an activating group) is 1. The number of hydrogen-bond donors (Lipinski definition) is 1. The molecule has 0 aromatic rings. The zero-order valence-corrected chi connectivity index (χ0v) is 12.2. The molecule has 1 aliphatic rings. The summed E-state index contributed by atoms with van der Waals surface area (Å²) in [6.07, 6.45) is 0.